The summed E-state index contributed by atoms with van der Waals surface area (Å²) in [5, 5.41) is 6.36. The van der Waals surface area contributed by atoms with Crippen LogP contribution in [0.2, 0.25) is 0 Å². The van der Waals surface area contributed by atoms with E-state index in [1.807, 2.05) is 12.3 Å². The Kier molecular flexibility index (Phi) is 3.55. The van der Waals surface area contributed by atoms with Crippen LogP contribution < -0.4 is 11.1 Å². The van der Waals surface area contributed by atoms with Crippen molar-refractivity contribution < 1.29 is 8.42 Å². The van der Waals surface area contributed by atoms with Crippen molar-refractivity contribution >= 4 is 43.5 Å². The molecule has 0 aliphatic rings. The first kappa shape index (κ1) is 13.2. The minimum atomic E-state index is -3.38. The lowest BCUT2D eigenvalue weighted by atomic mass is 10.5. The van der Waals surface area contributed by atoms with Crippen molar-refractivity contribution in [3.8, 4) is 0 Å². The van der Waals surface area contributed by atoms with Crippen molar-refractivity contribution in [2.75, 3.05) is 17.3 Å². The summed E-state index contributed by atoms with van der Waals surface area (Å²) < 4.78 is 27.0. The molecule has 2 aromatic rings. The fourth-order valence-electron chi connectivity index (χ4n) is 1.43. The summed E-state index contributed by atoms with van der Waals surface area (Å²) in [4.78, 5) is 4.35. The van der Waals surface area contributed by atoms with Crippen molar-refractivity contribution in [3.63, 3.8) is 0 Å². The van der Waals surface area contributed by atoms with Crippen molar-refractivity contribution in [2.24, 2.45) is 0 Å². The molecule has 98 valence electrons. The lowest BCUT2D eigenvalue weighted by Gasteiger charge is -2.03. The Labute approximate surface area is 113 Å². The van der Waals surface area contributed by atoms with Crippen LogP contribution in [0.15, 0.2) is 10.3 Å². The number of nitrogens with one attached hydrogen (secondary N) is 1. The Morgan fingerprint density at radius 3 is 2.78 bits per heavy atom. The molecule has 18 heavy (non-hydrogen) atoms. The Hall–Kier alpha value is -1.19. The van der Waals surface area contributed by atoms with E-state index in [0.717, 1.165) is 28.5 Å². The first-order chi connectivity index (χ1) is 8.38. The van der Waals surface area contributed by atoms with Gasteiger partial charge in [-0.3, -0.25) is 0 Å². The molecule has 0 amide bonds. The number of nitrogens with zero attached hydrogens (tertiary/aromatic N) is 2. The van der Waals surface area contributed by atoms with Gasteiger partial charge >= 0.3 is 0 Å². The zero-order chi connectivity index (χ0) is 13.3. The molecule has 3 N–H and O–H groups in total. The van der Waals surface area contributed by atoms with Crippen LogP contribution in [-0.4, -0.2) is 24.0 Å². The summed E-state index contributed by atoms with van der Waals surface area (Å²) >= 11 is 2.59. The van der Waals surface area contributed by atoms with E-state index in [1.54, 1.807) is 11.3 Å². The number of aryl methyl sites for hydroxylation is 1. The quantitative estimate of drug-likeness (QED) is 0.888. The van der Waals surface area contributed by atoms with Crippen LogP contribution in [0.1, 0.15) is 10.7 Å². The van der Waals surface area contributed by atoms with Crippen molar-refractivity contribution in [1.29, 1.82) is 0 Å². The molecule has 0 bridgehead atoms. The molecule has 0 radical (unpaired) electrons. The summed E-state index contributed by atoms with van der Waals surface area (Å²) in [6.07, 6.45) is 1.12. The maximum Gasteiger partial charge on any atom is 0.182 e. The molecule has 0 unspecified atom stereocenters. The summed E-state index contributed by atoms with van der Waals surface area (Å²) in [5.74, 6) is 0.0412. The highest BCUT2D eigenvalue weighted by Gasteiger charge is 2.21. The SMILES string of the molecule is Cc1nc(CNc2snc(N)c2S(C)(=O)=O)cs1. The van der Waals surface area contributed by atoms with Gasteiger partial charge in [-0.05, 0) is 18.5 Å². The predicted octanol–water partition coefficient (Wildman–Crippen LogP) is 1.51. The molecule has 0 saturated heterocycles. The van der Waals surface area contributed by atoms with Gasteiger partial charge in [-0.15, -0.1) is 11.3 Å². The van der Waals surface area contributed by atoms with Gasteiger partial charge in [-0.25, -0.2) is 13.4 Å². The molecule has 0 fully saturated rings. The largest absolute Gasteiger partial charge is 0.382 e. The molecular weight excluding hydrogens is 292 g/mol. The average molecular weight is 304 g/mol. The minimum absolute atomic E-state index is 0.0412. The lowest BCUT2D eigenvalue weighted by Crippen LogP contribution is -2.06. The van der Waals surface area contributed by atoms with E-state index >= 15 is 0 Å². The minimum Gasteiger partial charge on any atom is -0.382 e. The molecule has 2 rings (SSSR count). The number of anilines is 2. The number of sulfone groups is 1. The normalized spacial score (nSPS) is 11.7. The number of nitrogens with two attached hydrogens (primary N) is 1. The molecule has 0 saturated carbocycles. The van der Waals surface area contributed by atoms with Crippen LogP contribution in [0.4, 0.5) is 10.8 Å². The third-order valence-corrected chi connectivity index (χ3v) is 5.07. The Bertz CT molecular complexity index is 659. The summed E-state index contributed by atoms with van der Waals surface area (Å²) in [5.41, 5.74) is 6.43. The van der Waals surface area contributed by atoms with Crippen molar-refractivity contribution in [1.82, 2.24) is 9.36 Å². The standard InChI is InChI=1S/C9H12N4O2S3/c1-5-12-6(4-16-5)3-11-9-7(18(2,14)15)8(10)13-17-9/h4,11H,3H2,1-2H3,(H2,10,13). The van der Waals surface area contributed by atoms with Crippen LogP contribution >= 0.6 is 22.9 Å². The summed E-state index contributed by atoms with van der Waals surface area (Å²) in [6, 6.07) is 0. The van der Waals surface area contributed by atoms with Crippen LogP contribution in [0.5, 0.6) is 0 Å². The smallest absolute Gasteiger partial charge is 0.182 e. The third-order valence-electron chi connectivity index (χ3n) is 2.14. The summed E-state index contributed by atoms with van der Waals surface area (Å²) in [7, 11) is -3.38. The fraction of sp³-hybridized carbons (Fsp3) is 0.333. The second-order valence-corrected chi connectivity index (χ2v) is 7.50. The molecule has 2 aromatic heterocycles. The van der Waals surface area contributed by atoms with Gasteiger partial charge in [-0.2, -0.15) is 4.37 Å². The highest BCUT2D eigenvalue weighted by molar-refractivity contribution is 7.91. The van der Waals surface area contributed by atoms with Crippen LogP contribution in [0.25, 0.3) is 0 Å². The number of hydrogen-bond acceptors (Lipinski definition) is 8. The van der Waals surface area contributed by atoms with Gasteiger partial charge in [0, 0.05) is 11.6 Å². The van der Waals surface area contributed by atoms with E-state index < -0.39 is 9.84 Å². The fourth-order valence-corrected chi connectivity index (χ4v) is 4.10. The number of aromatic nitrogens is 2. The number of hydrogen-bond donors (Lipinski definition) is 2. The van der Waals surface area contributed by atoms with Gasteiger partial charge in [0.2, 0.25) is 0 Å². The zero-order valence-electron chi connectivity index (χ0n) is 9.80. The van der Waals surface area contributed by atoms with E-state index in [4.69, 9.17) is 5.73 Å². The van der Waals surface area contributed by atoms with E-state index in [0.29, 0.717) is 11.5 Å². The van der Waals surface area contributed by atoms with Crippen LogP contribution in [-0.2, 0) is 16.4 Å². The maximum absolute atomic E-state index is 11.6. The van der Waals surface area contributed by atoms with E-state index in [9.17, 15) is 8.42 Å². The molecule has 0 aliphatic carbocycles. The van der Waals surface area contributed by atoms with Gasteiger partial charge in [0.15, 0.2) is 15.7 Å². The molecule has 0 aromatic carbocycles. The van der Waals surface area contributed by atoms with Crippen LogP contribution in [0.3, 0.4) is 0 Å². The van der Waals surface area contributed by atoms with Crippen molar-refractivity contribution in [3.05, 3.63) is 16.1 Å². The van der Waals surface area contributed by atoms with Gasteiger partial charge in [0.25, 0.3) is 0 Å². The highest BCUT2D eigenvalue weighted by Crippen LogP contribution is 2.31. The first-order valence-corrected chi connectivity index (χ1v) is 8.52. The second kappa shape index (κ2) is 4.82. The highest BCUT2D eigenvalue weighted by atomic mass is 32.2. The van der Waals surface area contributed by atoms with Gasteiger partial charge in [0.1, 0.15) is 9.90 Å². The molecular formula is C9H12N4O2S3. The Morgan fingerprint density at radius 1 is 1.50 bits per heavy atom. The van der Waals surface area contributed by atoms with Gasteiger partial charge in [-0.1, -0.05) is 0 Å². The second-order valence-electron chi connectivity index (χ2n) is 3.71. The molecule has 0 aliphatic heterocycles. The van der Waals surface area contributed by atoms with Crippen molar-refractivity contribution in [2.45, 2.75) is 18.4 Å². The van der Waals surface area contributed by atoms with E-state index in [-0.39, 0.29) is 10.7 Å². The molecule has 0 atom stereocenters. The average Bonchev–Trinajstić information content (AvgIpc) is 2.81. The molecule has 2 heterocycles. The molecule has 0 spiro atoms. The number of rotatable bonds is 4. The Morgan fingerprint density at radius 2 is 2.22 bits per heavy atom. The third kappa shape index (κ3) is 2.79. The maximum atomic E-state index is 11.6. The predicted molar refractivity (Wildman–Crippen MR) is 73.8 cm³/mol. The van der Waals surface area contributed by atoms with E-state index in [2.05, 4.69) is 14.7 Å². The summed E-state index contributed by atoms with van der Waals surface area (Å²) in [6.45, 7) is 2.37. The topological polar surface area (TPSA) is 98.0 Å². The van der Waals surface area contributed by atoms with E-state index in [1.165, 1.54) is 0 Å². The van der Waals surface area contributed by atoms with Gasteiger partial charge in [0.05, 0.1) is 17.2 Å². The number of nitrogen functional groups attached to an aromatic ring is 1. The Balaban J connectivity index is 2.20. The van der Waals surface area contributed by atoms with Gasteiger partial charge < -0.3 is 11.1 Å². The monoisotopic (exact) mass is 304 g/mol. The number of thiazole rings is 1. The van der Waals surface area contributed by atoms with Crippen LogP contribution in [0, 0.1) is 6.92 Å². The lowest BCUT2D eigenvalue weighted by molar-refractivity contribution is 0.602. The molecule has 9 heteroatoms. The first-order valence-electron chi connectivity index (χ1n) is 4.98. The molecule has 6 nitrogen and oxygen atoms in total. The zero-order valence-corrected chi connectivity index (χ0v) is 12.2.